The van der Waals surface area contributed by atoms with Crippen LogP contribution in [0.4, 0.5) is 10.1 Å². The number of ketones is 1. The molecule has 3 aliphatic rings. The molecule has 3 heterocycles. The number of hydrazone groups is 1. The summed E-state index contributed by atoms with van der Waals surface area (Å²) in [6.45, 7) is 1.27. The summed E-state index contributed by atoms with van der Waals surface area (Å²) in [5, 5.41) is 5.78. The van der Waals surface area contributed by atoms with Crippen LogP contribution in [-0.4, -0.2) is 46.9 Å². The molecule has 0 radical (unpaired) electrons. The number of Topliss-reactive ketones (excluding diaryl/α,β-unsaturated/α-hetero) is 1. The zero-order chi connectivity index (χ0) is 23.3. The highest BCUT2D eigenvalue weighted by atomic mass is 19.1. The van der Waals surface area contributed by atoms with Crippen LogP contribution < -0.4 is 9.64 Å². The Morgan fingerprint density at radius 1 is 1.03 bits per heavy atom. The molecule has 2 saturated heterocycles. The molecule has 8 nitrogen and oxygen atoms in total. The molecule has 9 heteroatoms. The molecule has 3 aliphatic heterocycles. The number of ether oxygens (including phenoxy) is 1. The second kappa shape index (κ2) is 7.77. The third-order valence-corrected chi connectivity index (χ3v) is 6.03. The van der Waals surface area contributed by atoms with Gasteiger partial charge in [-0.2, -0.15) is 5.10 Å². The van der Waals surface area contributed by atoms with Gasteiger partial charge in [0, 0.05) is 18.7 Å². The lowest BCUT2D eigenvalue weighted by Crippen LogP contribution is -2.46. The largest absolute Gasteiger partial charge is 0.427 e. The van der Waals surface area contributed by atoms with Gasteiger partial charge in [-0.25, -0.2) is 9.29 Å². The fourth-order valence-electron chi connectivity index (χ4n) is 4.73. The number of carbonyl (C=O) groups excluding carboxylic acids is 4. The molecule has 2 aromatic rings. The van der Waals surface area contributed by atoms with Gasteiger partial charge < -0.3 is 4.74 Å². The van der Waals surface area contributed by atoms with Crippen molar-refractivity contribution >= 4 is 35.5 Å². The van der Waals surface area contributed by atoms with Gasteiger partial charge in [0.05, 0.1) is 23.6 Å². The molecule has 2 amide bonds. The molecule has 0 saturated carbocycles. The Morgan fingerprint density at radius 2 is 1.76 bits per heavy atom. The Bertz CT molecular complexity index is 1240. The number of fused-ring (bicyclic) bond motifs is 3. The summed E-state index contributed by atoms with van der Waals surface area (Å²) < 4.78 is 18.8. The second-order valence-electron chi connectivity index (χ2n) is 7.99. The lowest BCUT2D eigenvalue weighted by Gasteiger charge is -2.30. The Balaban J connectivity index is 1.52. The molecule has 0 N–H and O–H groups in total. The Kier molecular flexibility index (Phi) is 4.88. The first-order valence-electron chi connectivity index (χ1n) is 10.3. The number of benzene rings is 2. The third kappa shape index (κ3) is 3.32. The van der Waals surface area contributed by atoms with Crippen molar-refractivity contribution in [2.45, 2.75) is 19.0 Å². The molecule has 0 aromatic heterocycles. The van der Waals surface area contributed by atoms with Crippen molar-refractivity contribution in [1.82, 2.24) is 5.01 Å². The number of rotatable bonds is 4. The molecule has 0 aliphatic carbocycles. The summed E-state index contributed by atoms with van der Waals surface area (Å²) in [7, 11) is 0. The number of anilines is 1. The van der Waals surface area contributed by atoms with Crippen molar-refractivity contribution in [2.75, 3.05) is 4.90 Å². The molecular weight excluding hydrogens is 429 g/mol. The number of nitrogens with zero attached hydrogens (tertiary/aromatic N) is 3. The van der Waals surface area contributed by atoms with E-state index in [0.29, 0.717) is 0 Å². The lowest BCUT2D eigenvalue weighted by molar-refractivity contribution is -0.132. The van der Waals surface area contributed by atoms with Gasteiger partial charge in [-0.1, -0.05) is 12.1 Å². The number of imide groups is 1. The van der Waals surface area contributed by atoms with E-state index in [0.717, 1.165) is 11.0 Å². The van der Waals surface area contributed by atoms with Gasteiger partial charge in [0.1, 0.15) is 17.6 Å². The van der Waals surface area contributed by atoms with E-state index < -0.39 is 53.3 Å². The monoisotopic (exact) mass is 447 g/mol. The highest BCUT2D eigenvalue weighted by molar-refractivity contribution is 6.24. The van der Waals surface area contributed by atoms with Crippen LogP contribution in [0.5, 0.6) is 5.75 Å². The highest BCUT2D eigenvalue weighted by Gasteiger charge is 2.64. The van der Waals surface area contributed by atoms with Gasteiger partial charge in [0.25, 0.3) is 0 Å². The van der Waals surface area contributed by atoms with Crippen LogP contribution in [0.25, 0.3) is 0 Å². The van der Waals surface area contributed by atoms with Gasteiger partial charge in [0.15, 0.2) is 5.78 Å². The van der Waals surface area contributed by atoms with Crippen molar-refractivity contribution in [2.24, 2.45) is 16.9 Å². The fraction of sp³-hybridized carbons (Fsp3) is 0.208. The van der Waals surface area contributed by atoms with Crippen LogP contribution in [0.15, 0.2) is 65.8 Å². The maximum absolute atomic E-state index is 13.8. The number of esters is 1. The summed E-state index contributed by atoms with van der Waals surface area (Å²) in [6.07, 6.45) is 4.91. The van der Waals surface area contributed by atoms with Gasteiger partial charge in [0.2, 0.25) is 11.8 Å². The molecule has 33 heavy (non-hydrogen) atoms. The summed E-state index contributed by atoms with van der Waals surface area (Å²) in [6, 6.07) is 9.61. The van der Waals surface area contributed by atoms with Crippen molar-refractivity contribution in [3.05, 3.63) is 72.1 Å². The van der Waals surface area contributed by atoms with Crippen LogP contribution in [0.2, 0.25) is 0 Å². The third-order valence-electron chi connectivity index (χ3n) is 6.03. The molecule has 4 atom stereocenters. The smallest absolute Gasteiger partial charge is 0.308 e. The number of allylic oxidation sites excluding steroid dienone is 1. The van der Waals surface area contributed by atoms with Gasteiger partial charge in [-0.15, -0.1) is 0 Å². The number of carbonyl (C=O) groups is 4. The quantitative estimate of drug-likeness (QED) is 0.309. The maximum atomic E-state index is 13.8. The van der Waals surface area contributed by atoms with E-state index in [1.165, 1.54) is 60.6 Å². The van der Waals surface area contributed by atoms with Crippen LogP contribution in [0.1, 0.15) is 17.3 Å². The summed E-state index contributed by atoms with van der Waals surface area (Å²) in [5.74, 6) is -4.04. The first-order valence-corrected chi connectivity index (χ1v) is 10.3. The fourth-order valence-corrected chi connectivity index (χ4v) is 4.73. The number of hydrogen-bond donors (Lipinski definition) is 0. The predicted octanol–water partition coefficient (Wildman–Crippen LogP) is 2.35. The maximum Gasteiger partial charge on any atom is 0.308 e. The van der Waals surface area contributed by atoms with E-state index in [9.17, 15) is 23.6 Å². The van der Waals surface area contributed by atoms with Crippen LogP contribution in [0.3, 0.4) is 0 Å². The Labute approximate surface area is 187 Å². The van der Waals surface area contributed by atoms with Gasteiger partial charge in [-0.05, 0) is 48.5 Å². The molecule has 5 rings (SSSR count). The van der Waals surface area contributed by atoms with Gasteiger partial charge >= 0.3 is 5.97 Å². The summed E-state index contributed by atoms with van der Waals surface area (Å²) in [4.78, 5) is 52.4. The van der Waals surface area contributed by atoms with Crippen LogP contribution in [-0.2, 0) is 14.4 Å². The van der Waals surface area contributed by atoms with E-state index in [4.69, 9.17) is 4.74 Å². The van der Waals surface area contributed by atoms with E-state index in [-0.39, 0.29) is 17.0 Å². The number of hydrogen-bond acceptors (Lipinski definition) is 7. The minimum atomic E-state index is -1.02. The highest BCUT2D eigenvalue weighted by Crippen LogP contribution is 2.46. The first-order chi connectivity index (χ1) is 15.9. The van der Waals surface area contributed by atoms with Crippen molar-refractivity contribution in [1.29, 1.82) is 0 Å². The Morgan fingerprint density at radius 3 is 2.45 bits per heavy atom. The average Bonchev–Trinajstić information content (AvgIpc) is 3.26. The first kappa shape index (κ1) is 20.7. The second-order valence-corrected chi connectivity index (χ2v) is 7.99. The van der Waals surface area contributed by atoms with Crippen molar-refractivity contribution in [3.8, 4) is 5.75 Å². The molecular formula is C24H18FN3O5. The topological polar surface area (TPSA) is 96.3 Å². The summed E-state index contributed by atoms with van der Waals surface area (Å²) in [5.41, 5.74) is 0.413. The number of halogens is 1. The van der Waals surface area contributed by atoms with E-state index in [1.54, 1.807) is 12.2 Å². The minimum absolute atomic E-state index is 0.131. The molecule has 2 aromatic carbocycles. The molecule has 0 spiro atoms. The van der Waals surface area contributed by atoms with E-state index in [2.05, 4.69) is 5.10 Å². The van der Waals surface area contributed by atoms with E-state index >= 15 is 0 Å². The zero-order valence-corrected chi connectivity index (χ0v) is 17.4. The van der Waals surface area contributed by atoms with Crippen molar-refractivity contribution < 1.29 is 28.3 Å². The molecule has 166 valence electrons. The van der Waals surface area contributed by atoms with Crippen LogP contribution >= 0.6 is 0 Å². The van der Waals surface area contributed by atoms with Crippen LogP contribution in [0, 0.1) is 17.7 Å². The molecule has 2 fully saturated rings. The van der Waals surface area contributed by atoms with Crippen molar-refractivity contribution in [3.63, 3.8) is 0 Å². The summed E-state index contributed by atoms with van der Waals surface area (Å²) >= 11 is 0. The SMILES string of the molecule is CC(=O)Oc1ccc(C(=O)[C@@H]2[C@@H]3C(=O)N(c4cccc(F)c4)C(=O)[C@@H]3[C@@H]3C=CC=NN23)cc1. The standard InChI is InChI=1S/C24H18FN3O5/c1-13(29)33-17-9-7-14(8-10-17)22(30)21-20-19(18-6-3-11-26-28(18)21)23(31)27(24(20)32)16-5-2-4-15(25)12-16/h2-12,18-21H,1H3/t18-,19+,20+,21-/m0/s1. The number of amides is 2. The lowest BCUT2D eigenvalue weighted by atomic mass is 9.86. The minimum Gasteiger partial charge on any atom is -0.427 e. The normalized spacial score (nSPS) is 25.3. The zero-order valence-electron chi connectivity index (χ0n) is 17.4. The predicted molar refractivity (Wildman–Crippen MR) is 115 cm³/mol. The average molecular weight is 447 g/mol. The Hall–Kier alpha value is -4.14. The molecule has 0 unspecified atom stereocenters. The molecule has 0 bridgehead atoms. The van der Waals surface area contributed by atoms with Gasteiger partial charge in [-0.3, -0.25) is 24.2 Å². The van der Waals surface area contributed by atoms with E-state index in [1.807, 2.05) is 0 Å².